The number of nitrogens with zero attached hydrogens (tertiary/aromatic N) is 3. The van der Waals surface area contributed by atoms with Crippen LogP contribution in [0.3, 0.4) is 0 Å². The van der Waals surface area contributed by atoms with Crippen LogP contribution in [0.2, 0.25) is 0 Å². The van der Waals surface area contributed by atoms with Crippen LogP contribution in [0.1, 0.15) is 0 Å². The molecule has 4 nitrogen and oxygen atoms in total. The SMILES string of the molecule is Fc1cccc(Br)c1-c1nn[nH]n1. The predicted octanol–water partition coefficient (Wildman–Crippen LogP) is 1.77. The van der Waals surface area contributed by atoms with Gasteiger partial charge in [-0.05, 0) is 33.3 Å². The van der Waals surface area contributed by atoms with E-state index in [1.807, 2.05) is 0 Å². The van der Waals surface area contributed by atoms with Crippen molar-refractivity contribution in [2.45, 2.75) is 0 Å². The van der Waals surface area contributed by atoms with Crippen molar-refractivity contribution in [3.8, 4) is 11.4 Å². The van der Waals surface area contributed by atoms with E-state index in [0.717, 1.165) is 0 Å². The van der Waals surface area contributed by atoms with E-state index in [1.165, 1.54) is 6.07 Å². The molecule has 0 radical (unpaired) electrons. The first-order valence-corrected chi connectivity index (χ1v) is 4.26. The Morgan fingerprint density at radius 2 is 2.23 bits per heavy atom. The van der Waals surface area contributed by atoms with Crippen LogP contribution in [0.4, 0.5) is 4.39 Å². The third-order valence-corrected chi connectivity index (χ3v) is 2.19. The van der Waals surface area contributed by atoms with Crippen molar-refractivity contribution in [3.05, 3.63) is 28.5 Å². The second-order valence-electron chi connectivity index (χ2n) is 2.33. The van der Waals surface area contributed by atoms with E-state index in [4.69, 9.17) is 0 Å². The second kappa shape index (κ2) is 3.21. The van der Waals surface area contributed by atoms with E-state index in [1.54, 1.807) is 12.1 Å². The minimum atomic E-state index is -0.379. The first kappa shape index (κ1) is 8.31. The van der Waals surface area contributed by atoms with Gasteiger partial charge in [0, 0.05) is 4.47 Å². The average molecular weight is 243 g/mol. The zero-order valence-electron chi connectivity index (χ0n) is 6.33. The molecule has 66 valence electrons. The number of tetrazole rings is 1. The van der Waals surface area contributed by atoms with Gasteiger partial charge in [0.05, 0.1) is 5.56 Å². The van der Waals surface area contributed by atoms with Gasteiger partial charge in [-0.2, -0.15) is 5.21 Å². The van der Waals surface area contributed by atoms with E-state index >= 15 is 0 Å². The molecule has 2 rings (SSSR count). The van der Waals surface area contributed by atoms with Crippen molar-refractivity contribution < 1.29 is 4.39 Å². The van der Waals surface area contributed by atoms with Gasteiger partial charge >= 0.3 is 0 Å². The van der Waals surface area contributed by atoms with Crippen molar-refractivity contribution in [2.75, 3.05) is 0 Å². The predicted molar refractivity (Wildman–Crippen MR) is 47.3 cm³/mol. The maximum absolute atomic E-state index is 13.3. The molecule has 0 aliphatic heterocycles. The van der Waals surface area contributed by atoms with Crippen LogP contribution in [0.15, 0.2) is 22.7 Å². The Kier molecular flexibility index (Phi) is 2.05. The lowest BCUT2D eigenvalue weighted by Gasteiger charge is -1.99. The molecule has 0 amide bonds. The van der Waals surface area contributed by atoms with Crippen LogP contribution in [-0.4, -0.2) is 20.6 Å². The van der Waals surface area contributed by atoms with Gasteiger partial charge in [-0.3, -0.25) is 0 Å². The number of benzene rings is 1. The van der Waals surface area contributed by atoms with E-state index in [0.29, 0.717) is 10.0 Å². The first-order chi connectivity index (χ1) is 6.29. The third kappa shape index (κ3) is 1.44. The van der Waals surface area contributed by atoms with Crippen molar-refractivity contribution >= 4 is 15.9 Å². The summed E-state index contributed by atoms with van der Waals surface area (Å²) in [7, 11) is 0. The molecule has 0 aliphatic carbocycles. The zero-order valence-corrected chi connectivity index (χ0v) is 7.92. The smallest absolute Gasteiger partial charge is 0.206 e. The van der Waals surface area contributed by atoms with Gasteiger partial charge in [0.1, 0.15) is 5.82 Å². The Hall–Kier alpha value is -1.30. The van der Waals surface area contributed by atoms with Crippen LogP contribution in [0, 0.1) is 5.82 Å². The zero-order chi connectivity index (χ0) is 9.26. The Bertz CT molecular complexity index is 394. The molecule has 0 bridgehead atoms. The maximum atomic E-state index is 13.3. The molecular formula is C7H4BrFN4. The molecule has 2 aromatic rings. The van der Waals surface area contributed by atoms with Crippen LogP contribution in [-0.2, 0) is 0 Å². The number of nitrogens with one attached hydrogen (secondary N) is 1. The summed E-state index contributed by atoms with van der Waals surface area (Å²) in [6, 6.07) is 4.66. The summed E-state index contributed by atoms with van der Waals surface area (Å²) in [6.45, 7) is 0. The van der Waals surface area contributed by atoms with Crippen LogP contribution in [0.25, 0.3) is 11.4 Å². The molecule has 0 fully saturated rings. The molecule has 1 aromatic heterocycles. The van der Waals surface area contributed by atoms with Gasteiger partial charge in [-0.1, -0.05) is 6.07 Å². The van der Waals surface area contributed by atoms with Gasteiger partial charge in [0.2, 0.25) is 5.82 Å². The average Bonchev–Trinajstić information content (AvgIpc) is 2.57. The summed E-state index contributed by atoms with van der Waals surface area (Å²) < 4.78 is 13.9. The molecule has 13 heavy (non-hydrogen) atoms. The topological polar surface area (TPSA) is 54.5 Å². The summed E-state index contributed by atoms with van der Waals surface area (Å²) in [5, 5.41) is 13.0. The number of hydrogen-bond acceptors (Lipinski definition) is 3. The summed E-state index contributed by atoms with van der Waals surface area (Å²) in [4.78, 5) is 0. The molecule has 0 atom stereocenters. The molecule has 0 unspecified atom stereocenters. The Labute approximate surface area is 81.3 Å². The fourth-order valence-electron chi connectivity index (χ4n) is 0.979. The highest BCUT2D eigenvalue weighted by atomic mass is 79.9. The summed E-state index contributed by atoms with van der Waals surface area (Å²) in [5.41, 5.74) is 0.316. The van der Waals surface area contributed by atoms with Crippen molar-refractivity contribution in [1.82, 2.24) is 20.6 Å². The lowest BCUT2D eigenvalue weighted by Crippen LogP contribution is -1.88. The van der Waals surface area contributed by atoms with Crippen LogP contribution in [0.5, 0.6) is 0 Å². The van der Waals surface area contributed by atoms with E-state index in [9.17, 15) is 4.39 Å². The van der Waals surface area contributed by atoms with Crippen LogP contribution >= 0.6 is 15.9 Å². The van der Waals surface area contributed by atoms with Gasteiger partial charge in [-0.25, -0.2) is 4.39 Å². The normalized spacial score (nSPS) is 10.3. The maximum Gasteiger partial charge on any atom is 0.208 e. The van der Waals surface area contributed by atoms with Gasteiger partial charge in [0.15, 0.2) is 0 Å². The number of aromatic amines is 1. The highest BCUT2D eigenvalue weighted by Gasteiger charge is 2.12. The van der Waals surface area contributed by atoms with Crippen molar-refractivity contribution in [2.24, 2.45) is 0 Å². The highest BCUT2D eigenvalue weighted by molar-refractivity contribution is 9.10. The lowest BCUT2D eigenvalue weighted by atomic mass is 10.2. The minimum absolute atomic E-state index is 0.241. The summed E-state index contributed by atoms with van der Waals surface area (Å²) in [6.07, 6.45) is 0. The Balaban J connectivity index is 2.64. The van der Waals surface area contributed by atoms with Gasteiger partial charge in [0.25, 0.3) is 0 Å². The number of H-pyrrole nitrogens is 1. The van der Waals surface area contributed by atoms with E-state index in [2.05, 4.69) is 36.6 Å². The monoisotopic (exact) mass is 242 g/mol. The molecule has 0 saturated heterocycles. The fourth-order valence-corrected chi connectivity index (χ4v) is 1.50. The van der Waals surface area contributed by atoms with Crippen molar-refractivity contribution in [3.63, 3.8) is 0 Å². The molecule has 0 saturated carbocycles. The lowest BCUT2D eigenvalue weighted by molar-refractivity contribution is 0.629. The van der Waals surface area contributed by atoms with E-state index < -0.39 is 0 Å². The standard InChI is InChI=1S/C7H4BrFN4/c8-4-2-1-3-5(9)6(4)7-10-12-13-11-7/h1-3H,(H,10,11,12,13). The molecule has 1 N–H and O–H groups in total. The molecular weight excluding hydrogens is 239 g/mol. The Morgan fingerprint density at radius 1 is 1.38 bits per heavy atom. The first-order valence-electron chi connectivity index (χ1n) is 3.47. The number of aromatic nitrogens is 4. The largest absolute Gasteiger partial charge is 0.208 e. The molecule has 1 heterocycles. The third-order valence-electron chi connectivity index (χ3n) is 1.53. The highest BCUT2D eigenvalue weighted by Crippen LogP contribution is 2.27. The summed E-state index contributed by atoms with van der Waals surface area (Å²) >= 11 is 3.21. The van der Waals surface area contributed by atoms with Crippen LogP contribution < -0.4 is 0 Å². The molecule has 0 aliphatic rings. The number of hydrogen-bond donors (Lipinski definition) is 1. The minimum Gasteiger partial charge on any atom is -0.206 e. The molecule has 0 spiro atoms. The van der Waals surface area contributed by atoms with E-state index in [-0.39, 0.29) is 11.6 Å². The molecule has 6 heteroatoms. The quantitative estimate of drug-likeness (QED) is 0.830. The number of halogens is 2. The van der Waals surface area contributed by atoms with Crippen molar-refractivity contribution in [1.29, 1.82) is 0 Å². The Morgan fingerprint density at radius 3 is 2.85 bits per heavy atom. The summed E-state index contributed by atoms with van der Waals surface area (Å²) in [5.74, 6) is -0.138. The number of rotatable bonds is 1. The van der Waals surface area contributed by atoms with Gasteiger partial charge in [-0.15, -0.1) is 10.2 Å². The van der Waals surface area contributed by atoms with Gasteiger partial charge < -0.3 is 0 Å². The fraction of sp³-hybridized carbons (Fsp3) is 0. The second-order valence-corrected chi connectivity index (χ2v) is 3.19. The molecule has 1 aromatic carbocycles.